The van der Waals surface area contributed by atoms with Gasteiger partial charge in [-0.3, -0.25) is 5.10 Å². The third-order valence-electron chi connectivity index (χ3n) is 2.03. The van der Waals surface area contributed by atoms with Gasteiger partial charge in [0.05, 0.1) is 0 Å². The molecule has 2 rings (SSSR count). The molecule has 2 aromatic heterocycles. The summed E-state index contributed by atoms with van der Waals surface area (Å²) in [6.07, 6.45) is -5.52. The highest BCUT2D eigenvalue weighted by molar-refractivity contribution is 7.71. The van der Waals surface area contributed by atoms with E-state index in [2.05, 4.69) is 15.1 Å². The van der Waals surface area contributed by atoms with Crippen LogP contribution in [0.5, 0.6) is 0 Å². The summed E-state index contributed by atoms with van der Waals surface area (Å²) < 4.78 is 38.4. The van der Waals surface area contributed by atoms with Crippen molar-refractivity contribution < 1.29 is 18.3 Å². The van der Waals surface area contributed by atoms with Gasteiger partial charge in [0, 0.05) is 6.07 Å². The molecule has 1 atom stereocenters. The van der Waals surface area contributed by atoms with Crippen molar-refractivity contribution in [3.8, 4) is 0 Å². The number of fused-ring (bicyclic) bond motifs is 1. The number of alkyl halides is 3. The van der Waals surface area contributed by atoms with Crippen LogP contribution in [0.25, 0.3) is 5.78 Å². The molecule has 2 heterocycles. The Balaban J connectivity index is 2.70. The van der Waals surface area contributed by atoms with Gasteiger partial charge in [-0.2, -0.15) is 18.2 Å². The fourth-order valence-corrected chi connectivity index (χ4v) is 1.47. The smallest absolute Gasteiger partial charge is 0.385 e. The van der Waals surface area contributed by atoms with Gasteiger partial charge in [-0.15, -0.1) is 0 Å². The van der Waals surface area contributed by atoms with Gasteiger partial charge < -0.3 is 5.11 Å². The van der Waals surface area contributed by atoms with E-state index in [0.717, 1.165) is 10.6 Å². The first-order chi connectivity index (χ1) is 7.79. The lowest BCUT2D eigenvalue weighted by molar-refractivity contribution is -0.141. The van der Waals surface area contributed by atoms with E-state index in [1.807, 2.05) is 0 Å². The summed E-state index contributed by atoms with van der Waals surface area (Å²) in [5.74, 6) is -0.122. The first-order valence-corrected chi connectivity index (χ1v) is 4.95. The number of nitrogens with one attached hydrogen (secondary N) is 1. The average molecular weight is 264 g/mol. The molecular weight excluding hydrogens is 257 g/mol. The van der Waals surface area contributed by atoms with Crippen LogP contribution >= 0.6 is 12.2 Å². The molecule has 2 N–H and O–H groups in total. The molecule has 0 saturated carbocycles. The van der Waals surface area contributed by atoms with Gasteiger partial charge >= 0.3 is 6.18 Å². The van der Waals surface area contributed by atoms with E-state index in [1.165, 1.54) is 6.92 Å². The van der Waals surface area contributed by atoms with E-state index in [1.54, 1.807) is 0 Å². The molecule has 1 unspecified atom stereocenters. The Bertz CT molecular complexity index is 615. The second-order valence-corrected chi connectivity index (χ2v) is 3.82. The minimum Gasteiger partial charge on any atom is -0.385 e. The summed E-state index contributed by atoms with van der Waals surface area (Å²) in [6, 6.07) is 0.729. The summed E-state index contributed by atoms with van der Waals surface area (Å²) >= 11 is 4.78. The van der Waals surface area contributed by atoms with Crippen LogP contribution in [0.1, 0.15) is 24.5 Å². The van der Waals surface area contributed by atoms with Crippen molar-refractivity contribution in [2.24, 2.45) is 0 Å². The molecule has 5 nitrogen and oxygen atoms in total. The molecule has 0 spiro atoms. The molecule has 0 aliphatic rings. The second-order valence-electron chi connectivity index (χ2n) is 3.40. The maximum atomic E-state index is 12.5. The van der Waals surface area contributed by atoms with Crippen LogP contribution < -0.4 is 0 Å². The number of aromatic nitrogens is 4. The number of aliphatic hydroxyl groups is 1. The van der Waals surface area contributed by atoms with E-state index in [0.29, 0.717) is 0 Å². The predicted molar refractivity (Wildman–Crippen MR) is 53.8 cm³/mol. The molecule has 0 saturated heterocycles. The molecule has 0 amide bonds. The van der Waals surface area contributed by atoms with E-state index >= 15 is 0 Å². The van der Waals surface area contributed by atoms with Crippen molar-refractivity contribution in [1.82, 2.24) is 19.6 Å². The fourth-order valence-electron chi connectivity index (χ4n) is 1.23. The number of hydrogen-bond donors (Lipinski definition) is 2. The van der Waals surface area contributed by atoms with Crippen molar-refractivity contribution in [3.63, 3.8) is 0 Å². The maximum Gasteiger partial charge on any atom is 0.433 e. The van der Waals surface area contributed by atoms with E-state index in [4.69, 9.17) is 12.2 Å². The quantitative estimate of drug-likeness (QED) is 0.771. The first kappa shape index (κ1) is 12.0. The number of halogens is 3. The highest BCUT2D eigenvalue weighted by atomic mass is 32.1. The topological polar surface area (TPSA) is 66.2 Å². The van der Waals surface area contributed by atoms with Crippen LogP contribution in [0.15, 0.2) is 6.07 Å². The fraction of sp³-hybridized carbons (Fsp3) is 0.375. The van der Waals surface area contributed by atoms with Crippen LogP contribution in [-0.4, -0.2) is 24.7 Å². The lowest BCUT2D eigenvalue weighted by Gasteiger charge is -2.04. The number of aliphatic hydroxyl groups excluding tert-OH is 1. The first-order valence-electron chi connectivity index (χ1n) is 4.54. The molecule has 0 aliphatic carbocycles. The lowest BCUT2D eigenvalue weighted by atomic mass is 10.4. The molecule has 0 aliphatic heterocycles. The third-order valence-corrected chi connectivity index (χ3v) is 2.33. The normalized spacial score (nSPS) is 14.2. The van der Waals surface area contributed by atoms with Crippen LogP contribution in [-0.2, 0) is 6.18 Å². The lowest BCUT2D eigenvalue weighted by Crippen LogP contribution is -2.09. The Kier molecular flexibility index (Phi) is 2.66. The Hall–Kier alpha value is -1.48. The van der Waals surface area contributed by atoms with Gasteiger partial charge in [-0.05, 0) is 6.92 Å². The molecule has 2 aromatic rings. The zero-order valence-corrected chi connectivity index (χ0v) is 9.30. The summed E-state index contributed by atoms with van der Waals surface area (Å²) in [7, 11) is 0. The number of rotatable bonds is 1. The molecular formula is C8H7F3N4OS. The molecule has 92 valence electrons. The maximum absolute atomic E-state index is 12.5. The van der Waals surface area contributed by atoms with Gasteiger partial charge in [0.25, 0.3) is 5.78 Å². The van der Waals surface area contributed by atoms with Crippen LogP contribution in [0.4, 0.5) is 13.2 Å². The van der Waals surface area contributed by atoms with Crippen molar-refractivity contribution in [1.29, 1.82) is 0 Å². The monoisotopic (exact) mass is 264 g/mol. The number of H-pyrrole nitrogens is 1. The summed E-state index contributed by atoms with van der Waals surface area (Å²) in [4.78, 5) is 7.06. The van der Waals surface area contributed by atoms with Gasteiger partial charge in [0.2, 0.25) is 0 Å². The standard InChI is InChI=1S/C8H7F3N4OS/c1-3(16)6-13-7-12-4(8(9,10)11)2-5(17)15(7)14-6/h2-3,16H,1H3,(H,12,13,14). The van der Waals surface area contributed by atoms with Gasteiger partial charge in [0.15, 0.2) is 11.5 Å². The van der Waals surface area contributed by atoms with Crippen LogP contribution in [0.3, 0.4) is 0 Å². The highest BCUT2D eigenvalue weighted by Gasteiger charge is 2.33. The minimum atomic E-state index is -4.58. The number of hydrogen-bond acceptors (Lipinski definition) is 4. The largest absolute Gasteiger partial charge is 0.433 e. The Morgan fingerprint density at radius 2 is 2.12 bits per heavy atom. The second kappa shape index (κ2) is 3.77. The average Bonchev–Trinajstić information content (AvgIpc) is 2.60. The summed E-state index contributed by atoms with van der Waals surface area (Å²) in [5, 5.41) is 11.8. The van der Waals surface area contributed by atoms with Crippen molar-refractivity contribution in [2.75, 3.05) is 0 Å². The zero-order chi connectivity index (χ0) is 12.8. The third kappa shape index (κ3) is 2.15. The molecule has 0 radical (unpaired) electrons. The molecule has 0 fully saturated rings. The Morgan fingerprint density at radius 1 is 1.47 bits per heavy atom. The Labute approximate surface area is 97.9 Å². The zero-order valence-electron chi connectivity index (χ0n) is 8.49. The van der Waals surface area contributed by atoms with Gasteiger partial charge in [-0.1, -0.05) is 12.2 Å². The van der Waals surface area contributed by atoms with Crippen molar-refractivity contribution in [3.05, 3.63) is 22.2 Å². The SMILES string of the molecule is CC(O)c1nc2nc(C(F)(F)F)cc(=S)n2[nH]1. The Morgan fingerprint density at radius 3 is 2.65 bits per heavy atom. The van der Waals surface area contributed by atoms with Crippen molar-refractivity contribution >= 4 is 18.0 Å². The molecule has 0 bridgehead atoms. The number of aromatic amines is 1. The van der Waals surface area contributed by atoms with E-state index < -0.39 is 18.0 Å². The molecule has 9 heteroatoms. The van der Waals surface area contributed by atoms with Crippen molar-refractivity contribution in [2.45, 2.75) is 19.2 Å². The van der Waals surface area contributed by atoms with E-state index in [9.17, 15) is 18.3 Å². The molecule has 17 heavy (non-hydrogen) atoms. The number of nitrogens with zero attached hydrogens (tertiary/aromatic N) is 3. The van der Waals surface area contributed by atoms with Gasteiger partial charge in [0.1, 0.15) is 10.7 Å². The predicted octanol–water partition coefficient (Wildman–Crippen LogP) is 1.86. The molecule has 0 aromatic carbocycles. The van der Waals surface area contributed by atoms with Gasteiger partial charge in [-0.25, -0.2) is 9.50 Å². The minimum absolute atomic E-state index is 0.0999. The van der Waals surface area contributed by atoms with E-state index in [-0.39, 0.29) is 16.2 Å². The van der Waals surface area contributed by atoms with Crippen LogP contribution in [0.2, 0.25) is 0 Å². The summed E-state index contributed by atoms with van der Waals surface area (Å²) in [5.41, 5.74) is -1.11. The summed E-state index contributed by atoms with van der Waals surface area (Å²) in [6.45, 7) is 1.42. The van der Waals surface area contributed by atoms with Crippen LogP contribution in [0, 0.1) is 4.64 Å². The highest BCUT2D eigenvalue weighted by Crippen LogP contribution is 2.27.